The zero-order valence-electron chi connectivity index (χ0n) is 10.6. The van der Waals surface area contributed by atoms with E-state index in [9.17, 15) is 13.2 Å². The maximum absolute atomic E-state index is 12.9. The highest BCUT2D eigenvalue weighted by atomic mass is 32.1. The molecule has 0 amide bonds. The lowest BCUT2D eigenvalue weighted by Gasteiger charge is -2.14. The van der Waals surface area contributed by atoms with E-state index in [0.717, 1.165) is 11.9 Å². The highest BCUT2D eigenvalue weighted by molar-refractivity contribution is 7.80. The van der Waals surface area contributed by atoms with Crippen LogP contribution >= 0.6 is 12.2 Å². The van der Waals surface area contributed by atoms with Gasteiger partial charge in [-0.15, -0.1) is 0 Å². The zero-order chi connectivity index (χ0) is 14.9. The molecule has 2 N–H and O–H groups in total. The number of nitrogens with two attached hydrogens (primary N) is 1. The van der Waals surface area contributed by atoms with Gasteiger partial charge < -0.3 is 10.3 Å². The summed E-state index contributed by atoms with van der Waals surface area (Å²) in [6.07, 6.45) is -0.544. The number of halogens is 3. The second-order valence-electron chi connectivity index (χ2n) is 4.16. The van der Waals surface area contributed by atoms with Crippen molar-refractivity contribution < 1.29 is 13.2 Å². The van der Waals surface area contributed by atoms with Gasteiger partial charge in [-0.3, -0.25) is 0 Å². The Balaban J connectivity index is 2.59. The fourth-order valence-electron chi connectivity index (χ4n) is 1.96. The monoisotopic (exact) mass is 299 g/mol. The van der Waals surface area contributed by atoms with Crippen LogP contribution in [0.1, 0.15) is 23.9 Å². The number of rotatable bonds is 3. The summed E-state index contributed by atoms with van der Waals surface area (Å²) in [5.41, 5.74) is 4.95. The van der Waals surface area contributed by atoms with Crippen LogP contribution in [0.25, 0.3) is 5.69 Å². The van der Waals surface area contributed by atoms with Crippen LogP contribution in [0.15, 0.2) is 30.6 Å². The number of hydrogen-bond acceptors (Lipinski definition) is 2. The predicted octanol–water partition coefficient (Wildman–Crippen LogP) is 3.09. The lowest BCUT2D eigenvalue weighted by atomic mass is 10.1. The fourth-order valence-corrected chi connectivity index (χ4v) is 2.13. The molecule has 0 aliphatic rings. The SMILES string of the molecule is CCc1nccn1-c1ccc(C(F)(F)F)c(C(N)=S)c1. The van der Waals surface area contributed by atoms with Gasteiger partial charge in [0.2, 0.25) is 0 Å². The van der Waals surface area contributed by atoms with E-state index in [1.807, 2.05) is 6.92 Å². The molecule has 0 saturated carbocycles. The minimum Gasteiger partial charge on any atom is -0.389 e. The summed E-state index contributed by atoms with van der Waals surface area (Å²) in [5.74, 6) is 0.749. The van der Waals surface area contributed by atoms with E-state index >= 15 is 0 Å². The molecule has 0 radical (unpaired) electrons. The second-order valence-corrected chi connectivity index (χ2v) is 4.60. The van der Waals surface area contributed by atoms with E-state index in [2.05, 4.69) is 4.98 Å². The molecule has 1 aromatic heterocycles. The molecule has 3 nitrogen and oxygen atoms in total. The Morgan fingerprint density at radius 3 is 2.65 bits per heavy atom. The van der Waals surface area contributed by atoms with Gasteiger partial charge in [0.05, 0.1) is 5.56 Å². The average molecular weight is 299 g/mol. The summed E-state index contributed by atoms with van der Waals surface area (Å²) in [4.78, 5) is 3.85. The van der Waals surface area contributed by atoms with Gasteiger partial charge in [0, 0.05) is 30.1 Å². The molecule has 0 saturated heterocycles. The quantitative estimate of drug-likeness (QED) is 0.886. The Morgan fingerprint density at radius 2 is 2.10 bits per heavy atom. The average Bonchev–Trinajstić information content (AvgIpc) is 2.85. The fraction of sp³-hybridized carbons (Fsp3) is 0.231. The van der Waals surface area contributed by atoms with Crippen LogP contribution in [0.4, 0.5) is 13.2 Å². The first-order valence-electron chi connectivity index (χ1n) is 5.88. The minimum atomic E-state index is -4.49. The lowest BCUT2D eigenvalue weighted by molar-refractivity contribution is -0.137. The molecule has 7 heteroatoms. The van der Waals surface area contributed by atoms with Crippen molar-refractivity contribution in [3.63, 3.8) is 0 Å². The van der Waals surface area contributed by atoms with Crippen molar-refractivity contribution in [3.05, 3.63) is 47.5 Å². The third kappa shape index (κ3) is 2.67. The number of aromatic nitrogens is 2. The van der Waals surface area contributed by atoms with Crippen molar-refractivity contribution in [3.8, 4) is 5.69 Å². The molecule has 0 fully saturated rings. The van der Waals surface area contributed by atoms with Crippen LogP contribution in [0, 0.1) is 0 Å². The molecular weight excluding hydrogens is 287 g/mol. The van der Waals surface area contributed by atoms with Gasteiger partial charge in [-0.2, -0.15) is 13.2 Å². The molecule has 2 aromatic rings. The number of benzene rings is 1. The molecule has 0 atom stereocenters. The van der Waals surface area contributed by atoms with Crippen molar-refractivity contribution in [2.24, 2.45) is 5.73 Å². The van der Waals surface area contributed by atoms with Gasteiger partial charge in [-0.05, 0) is 18.2 Å². The van der Waals surface area contributed by atoms with Crippen LogP contribution in [0.5, 0.6) is 0 Å². The number of hydrogen-bond donors (Lipinski definition) is 1. The Labute approximate surface area is 119 Å². The van der Waals surface area contributed by atoms with E-state index in [1.165, 1.54) is 12.1 Å². The predicted molar refractivity (Wildman–Crippen MR) is 73.8 cm³/mol. The highest BCUT2D eigenvalue weighted by Crippen LogP contribution is 2.33. The van der Waals surface area contributed by atoms with Crippen LogP contribution < -0.4 is 5.73 Å². The largest absolute Gasteiger partial charge is 0.417 e. The van der Waals surface area contributed by atoms with Gasteiger partial charge in [0.1, 0.15) is 10.8 Å². The highest BCUT2D eigenvalue weighted by Gasteiger charge is 2.34. The van der Waals surface area contributed by atoms with E-state index in [1.54, 1.807) is 17.0 Å². The molecule has 0 aliphatic carbocycles. The van der Waals surface area contributed by atoms with Crippen LogP contribution in [0.2, 0.25) is 0 Å². The van der Waals surface area contributed by atoms with E-state index in [-0.39, 0.29) is 10.6 Å². The first kappa shape index (κ1) is 14.5. The molecule has 2 rings (SSSR count). The lowest BCUT2D eigenvalue weighted by Crippen LogP contribution is -2.18. The van der Waals surface area contributed by atoms with Crippen molar-refractivity contribution >= 4 is 17.2 Å². The standard InChI is InChI=1S/C13H12F3N3S/c1-2-11-18-5-6-19(11)8-3-4-10(13(14,15)16)9(7-8)12(17)20/h3-7H,2H2,1H3,(H2,17,20). The summed E-state index contributed by atoms with van der Waals surface area (Å²) >= 11 is 4.72. The normalized spacial score (nSPS) is 11.6. The maximum Gasteiger partial charge on any atom is 0.417 e. The summed E-state index contributed by atoms with van der Waals surface area (Å²) in [6.45, 7) is 1.91. The third-order valence-electron chi connectivity index (χ3n) is 2.89. The topological polar surface area (TPSA) is 43.8 Å². The molecule has 20 heavy (non-hydrogen) atoms. The zero-order valence-corrected chi connectivity index (χ0v) is 11.4. The van der Waals surface area contributed by atoms with E-state index in [4.69, 9.17) is 18.0 Å². The summed E-state index contributed by atoms with van der Waals surface area (Å²) in [6, 6.07) is 3.71. The second kappa shape index (κ2) is 5.24. The summed E-state index contributed by atoms with van der Waals surface area (Å²) < 4.78 is 40.4. The van der Waals surface area contributed by atoms with Gasteiger partial charge in [-0.25, -0.2) is 4.98 Å². The number of aryl methyl sites for hydroxylation is 1. The number of thiocarbonyl (C=S) groups is 1. The number of alkyl halides is 3. The van der Waals surface area contributed by atoms with E-state index in [0.29, 0.717) is 12.1 Å². The Morgan fingerprint density at radius 1 is 1.40 bits per heavy atom. The molecule has 0 aliphatic heterocycles. The molecular formula is C13H12F3N3S. The van der Waals surface area contributed by atoms with Gasteiger partial charge in [0.15, 0.2) is 0 Å². The molecule has 0 unspecified atom stereocenters. The van der Waals surface area contributed by atoms with Crippen LogP contribution in [-0.4, -0.2) is 14.5 Å². The van der Waals surface area contributed by atoms with Gasteiger partial charge in [-0.1, -0.05) is 19.1 Å². The first-order chi connectivity index (χ1) is 9.34. The first-order valence-corrected chi connectivity index (χ1v) is 6.29. The number of nitrogens with zero attached hydrogens (tertiary/aromatic N) is 2. The van der Waals surface area contributed by atoms with Crippen molar-refractivity contribution in [1.29, 1.82) is 0 Å². The molecule has 0 bridgehead atoms. The van der Waals surface area contributed by atoms with Gasteiger partial charge >= 0.3 is 6.18 Å². The molecule has 0 spiro atoms. The van der Waals surface area contributed by atoms with Crippen LogP contribution in [-0.2, 0) is 12.6 Å². The summed E-state index contributed by atoms with van der Waals surface area (Å²) in [5, 5.41) is 0. The molecule has 1 heterocycles. The Bertz CT molecular complexity index is 647. The summed E-state index contributed by atoms with van der Waals surface area (Å²) in [7, 11) is 0. The molecule has 1 aromatic carbocycles. The van der Waals surface area contributed by atoms with Gasteiger partial charge in [0.25, 0.3) is 0 Å². The van der Waals surface area contributed by atoms with Crippen molar-refractivity contribution in [2.45, 2.75) is 19.5 Å². The maximum atomic E-state index is 12.9. The Kier molecular flexibility index (Phi) is 3.80. The van der Waals surface area contributed by atoms with E-state index < -0.39 is 11.7 Å². The van der Waals surface area contributed by atoms with Crippen molar-refractivity contribution in [1.82, 2.24) is 9.55 Å². The third-order valence-corrected chi connectivity index (χ3v) is 3.11. The van der Waals surface area contributed by atoms with Crippen molar-refractivity contribution in [2.75, 3.05) is 0 Å². The number of imidazole rings is 1. The molecule has 106 valence electrons. The minimum absolute atomic E-state index is 0.180. The van der Waals surface area contributed by atoms with Crippen LogP contribution in [0.3, 0.4) is 0 Å². The Hall–Kier alpha value is -1.89. The smallest absolute Gasteiger partial charge is 0.389 e.